The lowest BCUT2D eigenvalue weighted by atomic mass is 9.74. The Hall–Kier alpha value is -5.10. The van der Waals surface area contributed by atoms with Gasteiger partial charge < -0.3 is 38.6 Å². The second kappa shape index (κ2) is 27.5. The number of hydrazine groups is 1. The number of nitrogens with zero attached hydrogens (tertiary/aromatic N) is 6. The molecule has 0 radical (unpaired) electrons. The molecule has 5 fully saturated rings. The summed E-state index contributed by atoms with van der Waals surface area (Å²) >= 11 is 0. The van der Waals surface area contributed by atoms with Crippen LogP contribution >= 0.6 is 0 Å². The second-order valence-electron chi connectivity index (χ2n) is 25.7. The van der Waals surface area contributed by atoms with Crippen LogP contribution in [-0.2, 0) is 46.3 Å². The van der Waals surface area contributed by atoms with Gasteiger partial charge >= 0.3 is 0 Å². The van der Waals surface area contributed by atoms with E-state index in [1.165, 1.54) is 24.0 Å². The minimum Gasteiger partial charge on any atom is -0.467 e. The van der Waals surface area contributed by atoms with Crippen LogP contribution in [0.5, 0.6) is 0 Å². The molecular weight excluding hydrogens is 1020 g/mol. The molecule has 444 valence electrons. The van der Waals surface area contributed by atoms with Gasteiger partial charge in [0.25, 0.3) is 6.47 Å². The highest BCUT2D eigenvalue weighted by Crippen LogP contribution is 2.47. The molecule has 2 aromatic carbocycles. The number of likely N-dealkylation sites (tertiary alicyclic amines) is 1. The Labute approximate surface area is 483 Å². The normalized spacial score (nSPS) is 21.3. The van der Waals surface area contributed by atoms with Crippen molar-refractivity contribution >= 4 is 41.1 Å². The lowest BCUT2D eigenvalue weighted by Gasteiger charge is -2.58. The number of pyridine rings is 1. The molecule has 2 amide bonds. The smallest absolute Gasteiger partial charge is 0.293 e. The summed E-state index contributed by atoms with van der Waals surface area (Å²) in [6.07, 6.45) is 12.4. The zero-order valence-electron chi connectivity index (χ0n) is 50.4. The van der Waals surface area contributed by atoms with E-state index in [1.807, 2.05) is 6.20 Å². The van der Waals surface area contributed by atoms with E-state index in [-0.39, 0.29) is 59.9 Å². The first-order valence-corrected chi connectivity index (χ1v) is 30.8. The van der Waals surface area contributed by atoms with E-state index in [2.05, 4.69) is 143 Å². The number of aryl methyl sites for hydroxylation is 1. The number of nitrogens with one attached hydrogen (secondary N) is 3. The van der Waals surface area contributed by atoms with E-state index in [9.17, 15) is 9.59 Å². The Kier molecular flexibility index (Phi) is 20.6. The Morgan fingerprint density at radius 3 is 2.36 bits per heavy atom. The summed E-state index contributed by atoms with van der Waals surface area (Å²) in [7, 11) is 3.53. The van der Waals surface area contributed by atoms with Gasteiger partial charge in [0.1, 0.15) is 0 Å². The minimum atomic E-state index is -0.397. The monoisotopic (exact) mass is 1120 g/mol. The molecule has 4 aromatic rings. The van der Waals surface area contributed by atoms with Crippen LogP contribution in [0, 0.1) is 28.6 Å². The number of carbonyl (C=O) groups is 3. The predicted molar refractivity (Wildman–Crippen MR) is 322 cm³/mol. The molecular formula is C65H97N9O7. The van der Waals surface area contributed by atoms with Crippen LogP contribution in [0.2, 0.25) is 0 Å². The number of piperazine rings is 1. The van der Waals surface area contributed by atoms with Crippen molar-refractivity contribution in [2.75, 3.05) is 103 Å². The predicted octanol–water partition coefficient (Wildman–Crippen LogP) is 9.15. The number of carbonyl (C=O) groups excluding carboxylic acids is 3. The topological polar surface area (TPSA) is 155 Å². The fraction of sp³-hybridized carbons (Fsp3) is 0.662. The van der Waals surface area contributed by atoms with Gasteiger partial charge in [-0.3, -0.25) is 34.6 Å². The van der Waals surface area contributed by atoms with E-state index >= 15 is 4.79 Å². The third-order valence-electron chi connectivity index (χ3n) is 18.9. The number of anilines is 2. The number of fused-ring (bicyclic) bond motifs is 1. The molecule has 7 atom stereocenters. The zero-order valence-corrected chi connectivity index (χ0v) is 50.4. The Morgan fingerprint density at radius 1 is 0.938 bits per heavy atom. The summed E-state index contributed by atoms with van der Waals surface area (Å²) in [6, 6.07) is 21.0. The van der Waals surface area contributed by atoms with Crippen LogP contribution in [0.3, 0.4) is 0 Å². The van der Waals surface area contributed by atoms with Gasteiger partial charge in [0, 0.05) is 136 Å². The van der Waals surface area contributed by atoms with Crippen LogP contribution in [0.25, 0.3) is 22.2 Å². The SMILES string of the molecule is CCn1c(-c2cc(N3CCN(C4CC4)CC3)cnc2C(C)OC)c(CC(C)(C)COC=O)c2cc(N(CCOC)CCC(C(CCCC(C)NNC=O)NC(=O)[C@@H](C(C)C)C3CCCC3c3ccccc3)N3CC4(COC4)C3)ccc21. The number of methoxy groups -OCH3 is 2. The highest BCUT2D eigenvalue weighted by atomic mass is 16.5. The van der Waals surface area contributed by atoms with Crippen molar-refractivity contribution in [3.05, 3.63) is 77.6 Å². The lowest BCUT2D eigenvalue weighted by molar-refractivity contribution is -0.201. The average molecular weight is 1120 g/mol. The third-order valence-corrected chi connectivity index (χ3v) is 18.9. The Bertz CT molecular complexity index is 2680. The molecule has 16 heteroatoms. The first-order valence-electron chi connectivity index (χ1n) is 30.8. The molecule has 6 unspecified atom stereocenters. The van der Waals surface area contributed by atoms with E-state index in [0.717, 1.165) is 156 Å². The van der Waals surface area contributed by atoms with Crippen LogP contribution in [0.15, 0.2) is 60.8 Å². The first-order chi connectivity index (χ1) is 39.2. The van der Waals surface area contributed by atoms with Gasteiger partial charge in [-0.15, -0.1) is 0 Å². The molecule has 5 heterocycles. The average Bonchev–Trinajstić information content (AvgIpc) is 4.31. The number of benzene rings is 2. The van der Waals surface area contributed by atoms with Crippen molar-refractivity contribution in [2.24, 2.45) is 28.6 Å². The molecule has 0 bridgehead atoms. The summed E-state index contributed by atoms with van der Waals surface area (Å²) in [6.45, 7) is 26.2. The molecule has 9 rings (SSSR count). The van der Waals surface area contributed by atoms with E-state index < -0.39 is 5.41 Å². The van der Waals surface area contributed by atoms with Crippen LogP contribution in [0.4, 0.5) is 11.4 Å². The van der Waals surface area contributed by atoms with Gasteiger partial charge in [0.05, 0.1) is 55.8 Å². The lowest BCUT2D eigenvalue weighted by Crippen LogP contribution is -2.70. The molecule has 81 heavy (non-hydrogen) atoms. The first kappa shape index (κ1) is 60.5. The minimum absolute atomic E-state index is 0.0613. The molecule has 3 N–H and O–H groups in total. The largest absolute Gasteiger partial charge is 0.467 e. The van der Waals surface area contributed by atoms with Gasteiger partial charge in [-0.25, -0.2) is 5.43 Å². The summed E-state index contributed by atoms with van der Waals surface area (Å²) < 4.78 is 25.8. The quantitative estimate of drug-likeness (QED) is 0.0315. The molecule has 1 spiro atoms. The van der Waals surface area contributed by atoms with Crippen LogP contribution in [0.1, 0.15) is 135 Å². The Balaban J connectivity index is 1.08. The fourth-order valence-corrected chi connectivity index (χ4v) is 14.4. The molecule has 5 aliphatic rings. The molecule has 2 aromatic heterocycles. The number of hydrogen-bond acceptors (Lipinski definition) is 13. The maximum Gasteiger partial charge on any atom is 0.293 e. The van der Waals surface area contributed by atoms with Crippen molar-refractivity contribution < 1.29 is 33.3 Å². The van der Waals surface area contributed by atoms with Crippen LogP contribution < -0.4 is 26.0 Å². The van der Waals surface area contributed by atoms with Crippen molar-refractivity contribution in [3.63, 3.8) is 0 Å². The highest BCUT2D eigenvalue weighted by Gasteiger charge is 2.52. The van der Waals surface area contributed by atoms with Gasteiger partial charge in [-0.1, -0.05) is 64.4 Å². The van der Waals surface area contributed by atoms with Crippen LogP contribution in [-0.4, -0.2) is 155 Å². The third kappa shape index (κ3) is 14.3. The molecule has 16 nitrogen and oxygen atoms in total. The van der Waals surface area contributed by atoms with Crippen molar-refractivity contribution in [2.45, 2.75) is 155 Å². The summed E-state index contributed by atoms with van der Waals surface area (Å²) in [5, 5.41) is 4.99. The second-order valence-corrected chi connectivity index (χ2v) is 25.7. The van der Waals surface area contributed by atoms with Gasteiger partial charge in [0.15, 0.2) is 0 Å². The maximum atomic E-state index is 15.3. The van der Waals surface area contributed by atoms with Crippen molar-refractivity contribution in [1.82, 2.24) is 35.5 Å². The summed E-state index contributed by atoms with van der Waals surface area (Å²) in [4.78, 5) is 53.8. The standard InChI is InChI=1S/C65H97N9O7/c1-10-74-58-25-24-50(34-54(58)56(36-64(6,7)40-81-44-76)62(74)55-35-51(37-66-61(55)47(5)79-9)72-30-28-71(29-31-72)49-22-23-49)70(32-33-78-8)27-26-59(73-38-65(39-73)41-80-42-65)57(21-14-16-46(4)69-67-43-75)68-63(77)60(45(2)3)53-20-15-19-52(53)48-17-12-11-13-18-48/h11-13,17-18,24-25,34-35,37,43-47,49,52-53,57,59-60,69H,10,14-16,19-23,26-33,36,38-42H2,1-9H3,(H,67,75)(H,68,77)/t46?,47?,52?,53?,57?,59?,60-/m0/s1. The number of hydrogen-bond donors (Lipinski definition) is 3. The molecule has 2 saturated carbocycles. The molecule has 3 aliphatic heterocycles. The fourth-order valence-electron chi connectivity index (χ4n) is 14.4. The highest BCUT2D eigenvalue weighted by molar-refractivity contribution is 5.95. The van der Waals surface area contributed by atoms with E-state index in [4.69, 9.17) is 23.9 Å². The summed E-state index contributed by atoms with van der Waals surface area (Å²) in [5.41, 5.74) is 14.6. The molecule has 2 aliphatic carbocycles. The zero-order chi connectivity index (χ0) is 57.3. The van der Waals surface area contributed by atoms with E-state index in [0.29, 0.717) is 38.4 Å². The van der Waals surface area contributed by atoms with Crippen molar-refractivity contribution in [3.8, 4) is 11.3 Å². The summed E-state index contributed by atoms with van der Waals surface area (Å²) in [5.74, 6) is 0.854. The van der Waals surface area contributed by atoms with E-state index in [1.54, 1.807) is 14.2 Å². The van der Waals surface area contributed by atoms with Gasteiger partial charge in [-0.05, 0) is 132 Å². The number of rotatable bonds is 32. The van der Waals surface area contributed by atoms with Crippen molar-refractivity contribution in [1.29, 1.82) is 0 Å². The van der Waals surface area contributed by atoms with Gasteiger partial charge in [0.2, 0.25) is 12.3 Å². The number of aromatic nitrogens is 2. The van der Waals surface area contributed by atoms with Gasteiger partial charge in [-0.2, -0.15) is 0 Å². The number of amides is 2. The Morgan fingerprint density at radius 2 is 1.70 bits per heavy atom. The maximum absolute atomic E-state index is 15.3. The number of ether oxygens (including phenoxy) is 4. The molecule has 3 saturated heterocycles.